The average Bonchev–Trinajstić information content (AvgIpc) is 4.00. The number of nitrogens with one attached hydrogen (secondary N) is 1. The summed E-state index contributed by atoms with van der Waals surface area (Å²) in [5.74, 6) is 4.52. The van der Waals surface area contributed by atoms with Gasteiger partial charge in [-0.05, 0) is 80.8 Å². The van der Waals surface area contributed by atoms with Crippen LogP contribution in [0.15, 0.2) is 42.5 Å². The average molecular weight is 872 g/mol. The number of pyridine rings is 1. The van der Waals surface area contributed by atoms with Gasteiger partial charge in [0.25, 0.3) is 17.7 Å². The molecule has 5 amide bonds. The van der Waals surface area contributed by atoms with E-state index in [2.05, 4.69) is 54.6 Å². The molecule has 3 unspecified atom stereocenters. The molecule has 2 aliphatic carbocycles. The van der Waals surface area contributed by atoms with Gasteiger partial charge in [0, 0.05) is 60.4 Å². The molecule has 13 nitrogen and oxygen atoms in total. The van der Waals surface area contributed by atoms with E-state index in [0.29, 0.717) is 52.5 Å². The van der Waals surface area contributed by atoms with E-state index in [9.17, 15) is 24.0 Å². The van der Waals surface area contributed by atoms with E-state index in [1.807, 2.05) is 21.9 Å². The van der Waals surface area contributed by atoms with Crippen molar-refractivity contribution in [3.05, 3.63) is 92.8 Å². The summed E-state index contributed by atoms with van der Waals surface area (Å²) >= 11 is 6.30. The van der Waals surface area contributed by atoms with Crippen LogP contribution in [0.2, 0.25) is 5.02 Å². The smallest absolute Gasteiger partial charge is 0.262 e. The van der Waals surface area contributed by atoms with Gasteiger partial charge >= 0.3 is 0 Å². The van der Waals surface area contributed by atoms with Gasteiger partial charge in [0.1, 0.15) is 29.4 Å². The Bertz CT molecular complexity index is 2630. The summed E-state index contributed by atoms with van der Waals surface area (Å²) in [5.41, 5.74) is 1.94. The number of likely N-dealkylation sites (tertiary alicyclic amines) is 1. The van der Waals surface area contributed by atoms with E-state index in [-0.39, 0.29) is 70.9 Å². The number of nitrogens with zero attached hydrogens (tertiary/aromatic N) is 6. The number of benzene rings is 2. The lowest BCUT2D eigenvalue weighted by atomic mass is 9.49. The number of amides is 5. The highest BCUT2D eigenvalue weighted by Gasteiger charge is 2.67. The van der Waals surface area contributed by atoms with E-state index in [0.717, 1.165) is 55.3 Å². The van der Waals surface area contributed by atoms with Crippen LogP contribution in [0, 0.1) is 41.0 Å². The topological polar surface area (TPSA) is 137 Å². The highest BCUT2D eigenvalue weighted by molar-refractivity contribution is 6.33. The lowest BCUT2D eigenvalue weighted by Crippen LogP contribution is -2.74. The maximum atomic E-state index is 15.7. The Morgan fingerprint density at radius 2 is 1.59 bits per heavy atom. The molecule has 0 spiro atoms. The second kappa shape index (κ2) is 14.9. The quantitative estimate of drug-likeness (QED) is 0.167. The molecule has 10 rings (SSSR count). The number of carbonyl (C=O) groups is 5. The first-order chi connectivity index (χ1) is 30.0. The van der Waals surface area contributed by atoms with E-state index >= 15 is 4.39 Å². The largest absolute Gasteiger partial charge is 0.489 e. The molecule has 6 heterocycles. The molecule has 5 aliphatic heterocycles. The van der Waals surface area contributed by atoms with Crippen LogP contribution in [0.4, 0.5) is 15.8 Å². The number of hydrogen-bond acceptors (Lipinski definition) is 9. The lowest BCUT2D eigenvalue weighted by Gasteiger charge is -2.65. The molecular formula is C48H47ClFN7O6. The molecule has 2 saturated carbocycles. The van der Waals surface area contributed by atoms with Crippen LogP contribution in [0.1, 0.15) is 115 Å². The monoisotopic (exact) mass is 871 g/mol. The molecule has 63 heavy (non-hydrogen) atoms. The molecule has 0 radical (unpaired) electrons. The predicted molar refractivity (Wildman–Crippen MR) is 230 cm³/mol. The van der Waals surface area contributed by atoms with E-state index < -0.39 is 35.5 Å². The van der Waals surface area contributed by atoms with Gasteiger partial charge in [-0.2, -0.15) is 0 Å². The second-order valence-electron chi connectivity index (χ2n) is 19.4. The standard InChI is InChI=1S/C48H47ClFN7O6/c1-47(2)45(48(3,4)46(47)63-30-13-15-36(51-5)34(49)19-30)56-24-37-31(42(56)60)14-10-26(52-37)9-6-25-7-11-27(12-8-25)54-22-29-18-28(54)23-55(29)39-21-33-32(20-35(39)50)43(61)57(44(33)62)38-16-17-40(58)53-41(38)59/h10,13-15,19-21,25,27-29,38,45-46H,7-8,11-12,16-18,22-24H2,1-4H3,(H,53,58,59). The predicted octanol–water partition coefficient (Wildman–Crippen LogP) is 6.54. The zero-order chi connectivity index (χ0) is 44.3. The molecule has 15 heteroatoms. The van der Waals surface area contributed by atoms with Crippen molar-refractivity contribution in [2.45, 2.75) is 115 Å². The van der Waals surface area contributed by atoms with Crippen molar-refractivity contribution in [3.63, 3.8) is 0 Å². The van der Waals surface area contributed by atoms with Crippen LogP contribution in [-0.2, 0) is 16.1 Å². The maximum Gasteiger partial charge on any atom is 0.262 e. The summed E-state index contributed by atoms with van der Waals surface area (Å²) in [5, 5.41) is 2.54. The maximum absolute atomic E-state index is 15.7. The molecule has 3 saturated heterocycles. The summed E-state index contributed by atoms with van der Waals surface area (Å²) in [6.45, 7) is 17.6. The molecular weight excluding hydrogens is 825 g/mol. The van der Waals surface area contributed by atoms with Crippen LogP contribution in [-0.4, -0.2) is 98.6 Å². The number of aromatic nitrogens is 1. The third-order valence-electron chi connectivity index (χ3n) is 14.8. The number of fused-ring (bicyclic) bond motifs is 4. The number of piperidine rings is 1. The molecule has 3 aromatic rings. The number of carbonyl (C=O) groups excluding carboxylic acids is 5. The van der Waals surface area contributed by atoms with Crippen LogP contribution < -0.4 is 15.0 Å². The fraction of sp³-hybridized carbons (Fsp3) is 0.479. The summed E-state index contributed by atoms with van der Waals surface area (Å²) in [7, 11) is 0. The van der Waals surface area contributed by atoms with Gasteiger partial charge in [-0.1, -0.05) is 51.3 Å². The Morgan fingerprint density at radius 3 is 2.25 bits per heavy atom. The molecule has 2 bridgehead atoms. The lowest BCUT2D eigenvalue weighted by molar-refractivity contribution is -0.199. The Kier molecular flexibility index (Phi) is 9.73. The molecule has 2 aromatic carbocycles. The molecule has 324 valence electrons. The molecule has 1 aromatic heterocycles. The normalized spacial score (nSPS) is 29.2. The van der Waals surface area contributed by atoms with E-state index in [1.54, 1.807) is 18.2 Å². The molecule has 7 aliphatic rings. The van der Waals surface area contributed by atoms with Crippen LogP contribution >= 0.6 is 11.6 Å². The highest BCUT2D eigenvalue weighted by Crippen LogP contribution is 2.59. The van der Waals surface area contributed by atoms with Gasteiger partial charge in [0.05, 0.1) is 46.2 Å². The van der Waals surface area contributed by atoms with E-state index in [4.69, 9.17) is 27.9 Å². The van der Waals surface area contributed by atoms with Crippen molar-refractivity contribution in [2.75, 3.05) is 18.0 Å². The van der Waals surface area contributed by atoms with Gasteiger partial charge in [-0.15, -0.1) is 0 Å². The zero-order valence-corrected chi connectivity index (χ0v) is 36.3. The summed E-state index contributed by atoms with van der Waals surface area (Å²) in [4.78, 5) is 80.4. The van der Waals surface area contributed by atoms with Crippen molar-refractivity contribution in [3.8, 4) is 17.6 Å². The first-order valence-electron chi connectivity index (χ1n) is 21.8. The van der Waals surface area contributed by atoms with Crippen LogP contribution in [0.25, 0.3) is 4.85 Å². The summed E-state index contributed by atoms with van der Waals surface area (Å²) in [6, 6.07) is 10.9. The van der Waals surface area contributed by atoms with Crippen molar-refractivity contribution >= 4 is 52.5 Å². The Labute approximate surface area is 370 Å². The number of rotatable bonds is 6. The van der Waals surface area contributed by atoms with Crippen molar-refractivity contribution < 1.29 is 33.1 Å². The summed E-state index contributed by atoms with van der Waals surface area (Å²) in [6.07, 6.45) is 4.65. The van der Waals surface area contributed by atoms with Gasteiger partial charge in [0.15, 0.2) is 0 Å². The van der Waals surface area contributed by atoms with Gasteiger partial charge < -0.3 is 14.5 Å². The zero-order valence-electron chi connectivity index (χ0n) is 35.5. The van der Waals surface area contributed by atoms with Crippen LogP contribution in [0.3, 0.4) is 0 Å². The highest BCUT2D eigenvalue weighted by atomic mass is 35.5. The SMILES string of the molecule is [C-]#[N+]c1ccc(OC2C(C)(C)C(N3Cc4nc(C#CC5CCC(N6CC7CC6CN7c6cc7c(cc6F)C(=O)N(C6CCC(=O)NC6=O)C7=O)CC5)ccc4C3=O)C2(C)C)cc1Cl. The van der Waals surface area contributed by atoms with Crippen molar-refractivity contribution in [1.82, 2.24) is 25.0 Å². The third-order valence-corrected chi connectivity index (χ3v) is 15.1. The van der Waals surface area contributed by atoms with E-state index in [1.165, 1.54) is 6.07 Å². The first kappa shape index (κ1) is 41.2. The molecule has 1 N–H and O–H groups in total. The minimum Gasteiger partial charge on any atom is -0.489 e. The van der Waals surface area contributed by atoms with Gasteiger partial charge in [0.2, 0.25) is 17.5 Å². The number of halogens is 2. The fourth-order valence-electron chi connectivity index (χ4n) is 12.4. The minimum atomic E-state index is -1.10. The minimum absolute atomic E-state index is 0.0152. The summed E-state index contributed by atoms with van der Waals surface area (Å²) < 4.78 is 22.2. The van der Waals surface area contributed by atoms with Gasteiger partial charge in [-0.25, -0.2) is 14.2 Å². The Hall–Kier alpha value is -5.83. The molecule has 3 atom stereocenters. The number of ether oxygens (including phenoxy) is 1. The molecule has 5 fully saturated rings. The third kappa shape index (κ3) is 6.59. The number of piperazine rings is 1. The van der Waals surface area contributed by atoms with Crippen molar-refractivity contribution in [2.24, 2.45) is 16.7 Å². The first-order valence-corrected chi connectivity index (χ1v) is 22.2. The van der Waals surface area contributed by atoms with Gasteiger partial charge in [-0.3, -0.25) is 39.1 Å². The fourth-order valence-corrected chi connectivity index (χ4v) is 12.6. The number of anilines is 1. The second-order valence-corrected chi connectivity index (χ2v) is 19.8. The number of hydrogen-bond donors (Lipinski definition) is 1. The Morgan fingerprint density at radius 1 is 0.857 bits per heavy atom. The van der Waals surface area contributed by atoms with Crippen molar-refractivity contribution in [1.29, 1.82) is 0 Å². The number of imide groups is 2. The van der Waals surface area contributed by atoms with Crippen LogP contribution in [0.5, 0.6) is 5.75 Å². The Balaban J connectivity index is 0.741.